The van der Waals surface area contributed by atoms with Gasteiger partial charge in [-0.2, -0.15) is 12.6 Å². The van der Waals surface area contributed by atoms with E-state index in [-0.39, 0.29) is 11.8 Å². The fourth-order valence-electron chi connectivity index (χ4n) is 3.00. The fourth-order valence-corrected chi connectivity index (χ4v) is 3.28. The van der Waals surface area contributed by atoms with Gasteiger partial charge in [0.25, 0.3) is 0 Å². The smallest absolute Gasteiger partial charge is 0.326 e. The molecule has 1 fully saturated rings. The van der Waals surface area contributed by atoms with Crippen LogP contribution >= 0.6 is 12.6 Å². The third-order valence-corrected chi connectivity index (χ3v) is 4.76. The average Bonchev–Trinajstić information content (AvgIpc) is 3.04. The number of nitrogens with one attached hydrogen (secondary N) is 1. The van der Waals surface area contributed by atoms with E-state index in [1.807, 2.05) is 30.3 Å². The Hall–Kier alpha value is -2.02. The number of hydrogen-bond donors (Lipinski definition) is 3. The molecule has 0 aromatic heterocycles. The number of likely N-dealkylation sites (tertiary alicyclic amines) is 1. The summed E-state index contributed by atoms with van der Waals surface area (Å²) in [5.74, 6) is -1.74. The molecule has 136 valence electrons. The molecule has 1 aliphatic rings. The van der Waals surface area contributed by atoms with Gasteiger partial charge < -0.3 is 15.3 Å². The number of hydrogen-bond acceptors (Lipinski definition) is 4. The van der Waals surface area contributed by atoms with E-state index in [4.69, 9.17) is 0 Å². The summed E-state index contributed by atoms with van der Waals surface area (Å²) in [4.78, 5) is 37.8. The maximum absolute atomic E-state index is 12.7. The van der Waals surface area contributed by atoms with E-state index >= 15 is 0 Å². The van der Waals surface area contributed by atoms with Gasteiger partial charge in [0.1, 0.15) is 11.6 Å². The Balaban J connectivity index is 2.00. The highest BCUT2D eigenvalue weighted by atomic mass is 32.1. The molecule has 0 saturated carbocycles. The summed E-state index contributed by atoms with van der Waals surface area (Å²) < 4.78 is 0. The summed E-state index contributed by atoms with van der Waals surface area (Å²) in [6.45, 7) is 3.57. The quantitative estimate of drug-likeness (QED) is 0.668. The first kappa shape index (κ1) is 19.3. The van der Waals surface area contributed by atoms with Crippen LogP contribution in [0.4, 0.5) is 0 Å². The molecule has 25 heavy (non-hydrogen) atoms. The monoisotopic (exact) mass is 364 g/mol. The summed E-state index contributed by atoms with van der Waals surface area (Å²) in [6.07, 6.45) is 1.53. The minimum absolute atomic E-state index is 0.350. The molecule has 7 heteroatoms. The summed E-state index contributed by atoms with van der Waals surface area (Å²) in [5, 5.41) is 11.4. The van der Waals surface area contributed by atoms with Gasteiger partial charge >= 0.3 is 5.97 Å². The van der Waals surface area contributed by atoms with E-state index in [0.717, 1.165) is 5.56 Å². The standard InChI is InChI=1S/C18H24N2O4S/c1-18(2,17(24)20-10-6-9-13(20)16(22)23)19-15(21)14(25)11-12-7-4-3-5-8-12/h3-5,7-8,13-14,25H,6,9-11H2,1-2H3,(H,19,21)(H,22,23)/t13-,14-/m0/s1. The average molecular weight is 364 g/mol. The Kier molecular flexibility index (Phi) is 6.11. The van der Waals surface area contributed by atoms with Gasteiger partial charge in [0.2, 0.25) is 11.8 Å². The lowest BCUT2D eigenvalue weighted by molar-refractivity contribution is -0.151. The zero-order valence-corrected chi connectivity index (χ0v) is 15.3. The topological polar surface area (TPSA) is 86.7 Å². The molecule has 6 nitrogen and oxygen atoms in total. The summed E-state index contributed by atoms with van der Waals surface area (Å²) in [5.41, 5.74) is -0.209. The van der Waals surface area contributed by atoms with Gasteiger partial charge in [-0.3, -0.25) is 9.59 Å². The van der Waals surface area contributed by atoms with Gasteiger partial charge in [-0.05, 0) is 38.7 Å². The van der Waals surface area contributed by atoms with Crippen LogP contribution in [0.5, 0.6) is 0 Å². The van der Waals surface area contributed by atoms with Crippen LogP contribution in [-0.4, -0.2) is 51.2 Å². The molecule has 1 aromatic rings. The number of carbonyl (C=O) groups is 3. The Bertz CT molecular complexity index is 648. The maximum atomic E-state index is 12.7. The Labute approximate surface area is 153 Å². The largest absolute Gasteiger partial charge is 0.480 e. The molecule has 0 aliphatic carbocycles. The van der Waals surface area contributed by atoms with E-state index < -0.39 is 22.8 Å². The number of thiol groups is 1. The number of carbonyl (C=O) groups excluding carboxylic acids is 2. The van der Waals surface area contributed by atoms with Crippen LogP contribution in [-0.2, 0) is 20.8 Å². The second-order valence-electron chi connectivity index (χ2n) is 6.81. The molecule has 2 rings (SSSR count). The third kappa shape index (κ3) is 4.75. The SMILES string of the molecule is CC(C)(NC(=O)[C@@H](S)Cc1ccccc1)C(=O)N1CCC[C@H]1C(=O)O. The van der Waals surface area contributed by atoms with E-state index in [9.17, 15) is 19.5 Å². The number of carboxylic acid groups (broad SMARTS) is 1. The van der Waals surface area contributed by atoms with Crippen LogP contribution in [0.25, 0.3) is 0 Å². The number of aliphatic carboxylic acids is 1. The van der Waals surface area contributed by atoms with Crippen molar-refractivity contribution in [3.63, 3.8) is 0 Å². The van der Waals surface area contributed by atoms with Gasteiger partial charge in [0.05, 0.1) is 5.25 Å². The molecule has 2 amide bonds. The lowest BCUT2D eigenvalue weighted by atomic mass is 10.0. The van der Waals surface area contributed by atoms with Crippen molar-refractivity contribution in [2.45, 2.75) is 49.9 Å². The summed E-state index contributed by atoms with van der Waals surface area (Å²) in [7, 11) is 0. The second kappa shape index (κ2) is 7.91. The summed E-state index contributed by atoms with van der Waals surface area (Å²) in [6, 6.07) is 8.68. The second-order valence-corrected chi connectivity index (χ2v) is 7.44. The minimum atomic E-state index is -1.19. The predicted molar refractivity (Wildman–Crippen MR) is 97.5 cm³/mol. The number of rotatable bonds is 6. The van der Waals surface area contributed by atoms with Crippen molar-refractivity contribution in [3.05, 3.63) is 35.9 Å². The van der Waals surface area contributed by atoms with Crippen molar-refractivity contribution < 1.29 is 19.5 Å². The number of benzene rings is 1. The maximum Gasteiger partial charge on any atom is 0.326 e. The first-order valence-corrected chi connectivity index (χ1v) is 8.82. The van der Waals surface area contributed by atoms with Gasteiger partial charge in [-0.1, -0.05) is 30.3 Å². The molecule has 0 unspecified atom stereocenters. The van der Waals surface area contributed by atoms with Crippen molar-refractivity contribution in [1.29, 1.82) is 0 Å². The van der Waals surface area contributed by atoms with Gasteiger partial charge in [-0.25, -0.2) is 4.79 Å². The van der Waals surface area contributed by atoms with E-state index in [0.29, 0.717) is 25.8 Å². The van der Waals surface area contributed by atoms with Crippen molar-refractivity contribution in [3.8, 4) is 0 Å². The van der Waals surface area contributed by atoms with Gasteiger partial charge in [0.15, 0.2) is 0 Å². The van der Waals surface area contributed by atoms with Crippen LogP contribution in [0.3, 0.4) is 0 Å². The molecule has 1 aromatic carbocycles. The van der Waals surface area contributed by atoms with Crippen LogP contribution in [0.15, 0.2) is 30.3 Å². The number of amides is 2. The zero-order chi connectivity index (χ0) is 18.6. The molecule has 1 heterocycles. The molecule has 2 atom stereocenters. The van der Waals surface area contributed by atoms with Crippen LogP contribution in [0.2, 0.25) is 0 Å². The lowest BCUT2D eigenvalue weighted by Crippen LogP contribution is -2.59. The number of nitrogens with zero attached hydrogens (tertiary/aromatic N) is 1. The van der Waals surface area contributed by atoms with Crippen molar-refractivity contribution in [2.75, 3.05) is 6.54 Å². The zero-order valence-electron chi connectivity index (χ0n) is 14.4. The van der Waals surface area contributed by atoms with E-state index in [1.165, 1.54) is 4.90 Å². The molecule has 0 radical (unpaired) electrons. The van der Waals surface area contributed by atoms with Crippen LogP contribution in [0, 0.1) is 0 Å². The predicted octanol–water partition coefficient (Wildman–Crippen LogP) is 1.50. The number of carboxylic acids is 1. The molecular weight excluding hydrogens is 340 g/mol. The minimum Gasteiger partial charge on any atom is -0.480 e. The van der Waals surface area contributed by atoms with Gasteiger partial charge in [-0.15, -0.1) is 0 Å². The highest BCUT2D eigenvalue weighted by Gasteiger charge is 2.41. The molecule has 1 saturated heterocycles. The molecule has 0 spiro atoms. The Morgan fingerprint density at radius 1 is 1.32 bits per heavy atom. The Morgan fingerprint density at radius 3 is 2.56 bits per heavy atom. The van der Waals surface area contributed by atoms with Crippen molar-refractivity contribution in [2.24, 2.45) is 0 Å². The fraction of sp³-hybridized carbons (Fsp3) is 0.500. The van der Waals surface area contributed by atoms with E-state index in [2.05, 4.69) is 17.9 Å². The molecule has 0 bridgehead atoms. The molecule has 1 aliphatic heterocycles. The highest BCUT2D eigenvalue weighted by Crippen LogP contribution is 2.22. The van der Waals surface area contributed by atoms with Crippen LogP contribution in [0.1, 0.15) is 32.3 Å². The first-order valence-electron chi connectivity index (χ1n) is 8.30. The van der Waals surface area contributed by atoms with E-state index in [1.54, 1.807) is 13.8 Å². The van der Waals surface area contributed by atoms with Crippen molar-refractivity contribution >= 4 is 30.4 Å². The highest BCUT2D eigenvalue weighted by molar-refractivity contribution is 7.81. The van der Waals surface area contributed by atoms with Crippen LogP contribution < -0.4 is 5.32 Å². The normalized spacial score (nSPS) is 18.7. The Morgan fingerprint density at radius 2 is 1.96 bits per heavy atom. The molecular formula is C18H24N2O4S. The first-order chi connectivity index (χ1) is 11.7. The van der Waals surface area contributed by atoms with Crippen molar-refractivity contribution in [1.82, 2.24) is 10.2 Å². The lowest BCUT2D eigenvalue weighted by Gasteiger charge is -2.33. The third-order valence-electron chi connectivity index (χ3n) is 4.34. The summed E-state index contributed by atoms with van der Waals surface area (Å²) >= 11 is 4.35. The molecule has 2 N–H and O–H groups in total. The van der Waals surface area contributed by atoms with Gasteiger partial charge in [0, 0.05) is 6.54 Å².